The van der Waals surface area contributed by atoms with E-state index in [9.17, 15) is 14.4 Å². The van der Waals surface area contributed by atoms with Crippen LogP contribution in [0.4, 0.5) is 5.69 Å². The van der Waals surface area contributed by atoms with E-state index >= 15 is 0 Å². The third-order valence-electron chi connectivity index (χ3n) is 3.82. The molecule has 6 nitrogen and oxygen atoms in total. The molecule has 0 atom stereocenters. The van der Waals surface area contributed by atoms with Gasteiger partial charge in [-0.25, -0.2) is 4.79 Å². The molecule has 1 aliphatic heterocycles. The van der Waals surface area contributed by atoms with Gasteiger partial charge in [-0.1, -0.05) is 13.3 Å². The van der Waals surface area contributed by atoms with Gasteiger partial charge in [-0.3, -0.25) is 9.59 Å². The molecule has 1 aliphatic rings. The minimum absolute atomic E-state index is 0.0139. The van der Waals surface area contributed by atoms with Crippen LogP contribution in [0.15, 0.2) is 24.3 Å². The van der Waals surface area contributed by atoms with Crippen molar-refractivity contribution in [3.63, 3.8) is 0 Å². The molecular formula is C17H22N2O4. The summed E-state index contributed by atoms with van der Waals surface area (Å²) in [6.45, 7) is 4.86. The van der Waals surface area contributed by atoms with E-state index in [1.165, 1.54) is 6.92 Å². The van der Waals surface area contributed by atoms with Gasteiger partial charge < -0.3 is 15.0 Å². The van der Waals surface area contributed by atoms with Crippen molar-refractivity contribution in [2.75, 3.05) is 25.0 Å². The average molecular weight is 318 g/mol. The Kier molecular flexibility index (Phi) is 5.73. The number of hydrogen-bond acceptors (Lipinski definition) is 4. The second-order valence-electron chi connectivity index (χ2n) is 5.68. The van der Waals surface area contributed by atoms with Gasteiger partial charge in [-0.05, 0) is 30.7 Å². The first-order chi connectivity index (χ1) is 11.0. The van der Waals surface area contributed by atoms with Gasteiger partial charge in [0.05, 0.1) is 18.1 Å². The molecule has 2 amide bonds. The highest BCUT2D eigenvalue weighted by atomic mass is 16.5. The Hall–Kier alpha value is -2.37. The van der Waals surface area contributed by atoms with Crippen molar-refractivity contribution in [1.82, 2.24) is 4.90 Å². The number of likely N-dealkylation sites (tertiary alicyclic amines) is 1. The van der Waals surface area contributed by atoms with E-state index in [4.69, 9.17) is 4.74 Å². The van der Waals surface area contributed by atoms with Crippen LogP contribution < -0.4 is 5.32 Å². The van der Waals surface area contributed by atoms with Crippen LogP contribution in [0, 0.1) is 5.92 Å². The molecule has 2 rings (SSSR count). The molecule has 1 saturated heterocycles. The normalized spacial score (nSPS) is 14.1. The van der Waals surface area contributed by atoms with Crippen molar-refractivity contribution in [3.8, 4) is 0 Å². The summed E-state index contributed by atoms with van der Waals surface area (Å²) in [5.74, 6) is -0.647. The van der Waals surface area contributed by atoms with Gasteiger partial charge in [0.2, 0.25) is 11.8 Å². The summed E-state index contributed by atoms with van der Waals surface area (Å²) < 4.78 is 5.12. The van der Waals surface area contributed by atoms with Crippen LogP contribution in [0.5, 0.6) is 0 Å². The van der Waals surface area contributed by atoms with Gasteiger partial charge in [0.1, 0.15) is 0 Å². The van der Waals surface area contributed by atoms with Crippen molar-refractivity contribution in [2.24, 2.45) is 5.92 Å². The highest BCUT2D eigenvalue weighted by Gasteiger charge is 2.34. The van der Waals surface area contributed by atoms with E-state index in [0.717, 1.165) is 12.8 Å². The molecule has 1 aromatic rings. The fourth-order valence-electron chi connectivity index (χ4n) is 2.23. The van der Waals surface area contributed by atoms with Crippen molar-refractivity contribution >= 4 is 23.5 Å². The lowest BCUT2D eigenvalue weighted by atomic mass is 9.99. The predicted molar refractivity (Wildman–Crippen MR) is 86.0 cm³/mol. The van der Waals surface area contributed by atoms with Crippen LogP contribution in [0.25, 0.3) is 0 Å². The molecule has 0 saturated carbocycles. The first kappa shape index (κ1) is 17.0. The Morgan fingerprint density at radius 2 is 1.87 bits per heavy atom. The molecule has 1 fully saturated rings. The maximum absolute atomic E-state index is 12.0. The van der Waals surface area contributed by atoms with Gasteiger partial charge in [-0.2, -0.15) is 0 Å². The standard InChI is InChI=1S/C17H22N2O4/c1-3-4-9-23-17(22)13-5-7-15(8-6-13)18-16(21)14-10-19(11-14)12(2)20/h5-8,14H,3-4,9-11H2,1-2H3,(H,18,21). The summed E-state index contributed by atoms with van der Waals surface area (Å²) in [4.78, 5) is 36.5. The summed E-state index contributed by atoms with van der Waals surface area (Å²) in [6.07, 6.45) is 1.82. The summed E-state index contributed by atoms with van der Waals surface area (Å²) in [5.41, 5.74) is 1.09. The molecule has 0 unspecified atom stereocenters. The van der Waals surface area contributed by atoms with Gasteiger partial charge >= 0.3 is 5.97 Å². The molecular weight excluding hydrogens is 296 g/mol. The second-order valence-corrected chi connectivity index (χ2v) is 5.68. The highest BCUT2D eigenvalue weighted by Crippen LogP contribution is 2.18. The number of esters is 1. The molecule has 1 N–H and O–H groups in total. The number of nitrogens with zero attached hydrogens (tertiary/aromatic N) is 1. The Balaban J connectivity index is 1.82. The average Bonchev–Trinajstić information content (AvgIpc) is 2.46. The number of ether oxygens (including phenoxy) is 1. The maximum atomic E-state index is 12.0. The number of unbranched alkanes of at least 4 members (excludes halogenated alkanes) is 1. The molecule has 0 bridgehead atoms. The number of anilines is 1. The number of carbonyl (C=O) groups is 3. The maximum Gasteiger partial charge on any atom is 0.338 e. The summed E-state index contributed by atoms with van der Waals surface area (Å²) in [5, 5.41) is 2.79. The minimum Gasteiger partial charge on any atom is -0.462 e. The first-order valence-corrected chi connectivity index (χ1v) is 7.84. The Bertz CT molecular complexity index is 577. The molecule has 0 radical (unpaired) electrons. The van der Waals surface area contributed by atoms with Gasteiger partial charge in [0.25, 0.3) is 0 Å². The fraction of sp³-hybridized carbons (Fsp3) is 0.471. The zero-order valence-electron chi connectivity index (χ0n) is 13.5. The number of carbonyl (C=O) groups excluding carboxylic acids is 3. The number of amides is 2. The zero-order valence-corrected chi connectivity index (χ0v) is 13.5. The first-order valence-electron chi connectivity index (χ1n) is 7.84. The van der Waals surface area contributed by atoms with Crippen LogP contribution in [0.3, 0.4) is 0 Å². The van der Waals surface area contributed by atoms with Crippen LogP contribution in [0.1, 0.15) is 37.0 Å². The van der Waals surface area contributed by atoms with E-state index in [1.807, 2.05) is 6.92 Å². The van der Waals surface area contributed by atoms with E-state index in [2.05, 4.69) is 5.32 Å². The van der Waals surface area contributed by atoms with Crippen molar-refractivity contribution in [1.29, 1.82) is 0 Å². The summed E-state index contributed by atoms with van der Waals surface area (Å²) in [6, 6.07) is 6.62. The highest BCUT2D eigenvalue weighted by molar-refractivity contribution is 5.95. The van der Waals surface area contributed by atoms with E-state index in [0.29, 0.717) is 30.9 Å². The third kappa shape index (κ3) is 4.55. The molecule has 1 heterocycles. The van der Waals surface area contributed by atoms with Crippen LogP contribution >= 0.6 is 0 Å². The van der Waals surface area contributed by atoms with Gasteiger partial charge in [0.15, 0.2) is 0 Å². The summed E-state index contributed by atoms with van der Waals surface area (Å²) >= 11 is 0. The number of benzene rings is 1. The van der Waals surface area contributed by atoms with Crippen molar-refractivity contribution in [3.05, 3.63) is 29.8 Å². The topological polar surface area (TPSA) is 75.7 Å². The zero-order chi connectivity index (χ0) is 16.8. The lowest BCUT2D eigenvalue weighted by molar-refractivity contribution is -0.139. The fourth-order valence-corrected chi connectivity index (χ4v) is 2.23. The molecule has 6 heteroatoms. The SMILES string of the molecule is CCCCOC(=O)c1ccc(NC(=O)C2CN(C(C)=O)C2)cc1. The van der Waals surface area contributed by atoms with E-state index in [1.54, 1.807) is 29.2 Å². The Morgan fingerprint density at radius 1 is 1.22 bits per heavy atom. The smallest absolute Gasteiger partial charge is 0.338 e. The molecule has 0 aliphatic carbocycles. The predicted octanol–water partition coefficient (Wildman–Crippen LogP) is 2.06. The van der Waals surface area contributed by atoms with Crippen LogP contribution in [-0.2, 0) is 14.3 Å². The van der Waals surface area contributed by atoms with E-state index in [-0.39, 0.29) is 23.7 Å². The van der Waals surface area contributed by atoms with Crippen molar-refractivity contribution < 1.29 is 19.1 Å². The largest absolute Gasteiger partial charge is 0.462 e. The molecule has 124 valence electrons. The van der Waals surface area contributed by atoms with Crippen LogP contribution in [0.2, 0.25) is 0 Å². The lowest BCUT2D eigenvalue weighted by Crippen LogP contribution is -2.53. The third-order valence-corrected chi connectivity index (χ3v) is 3.82. The quantitative estimate of drug-likeness (QED) is 0.643. The number of hydrogen-bond donors (Lipinski definition) is 1. The molecule has 0 spiro atoms. The number of rotatable bonds is 6. The Labute approximate surface area is 135 Å². The lowest BCUT2D eigenvalue weighted by Gasteiger charge is -2.37. The summed E-state index contributed by atoms with van der Waals surface area (Å²) in [7, 11) is 0. The second kappa shape index (κ2) is 7.76. The molecule has 1 aromatic carbocycles. The van der Waals surface area contributed by atoms with Crippen molar-refractivity contribution in [2.45, 2.75) is 26.7 Å². The van der Waals surface area contributed by atoms with E-state index < -0.39 is 0 Å². The minimum atomic E-state index is -0.354. The number of nitrogens with one attached hydrogen (secondary N) is 1. The van der Waals surface area contributed by atoms with Crippen LogP contribution in [-0.4, -0.2) is 42.4 Å². The Morgan fingerprint density at radius 3 is 2.43 bits per heavy atom. The van der Waals surface area contributed by atoms with Gasteiger partial charge in [0, 0.05) is 25.7 Å². The monoisotopic (exact) mass is 318 g/mol. The molecule has 23 heavy (non-hydrogen) atoms. The van der Waals surface area contributed by atoms with Gasteiger partial charge in [-0.15, -0.1) is 0 Å². The molecule has 0 aromatic heterocycles.